The lowest BCUT2D eigenvalue weighted by Gasteiger charge is -2.08. The summed E-state index contributed by atoms with van der Waals surface area (Å²) in [7, 11) is 0. The summed E-state index contributed by atoms with van der Waals surface area (Å²) in [5, 5.41) is 8.73. The van der Waals surface area contributed by atoms with Gasteiger partial charge in [-0.05, 0) is 48.4 Å². The van der Waals surface area contributed by atoms with E-state index in [0.29, 0.717) is 11.5 Å². The van der Waals surface area contributed by atoms with Gasteiger partial charge in [0.1, 0.15) is 23.4 Å². The third kappa shape index (κ3) is 3.80. The average molecular weight is 275 g/mol. The second-order valence-corrected chi connectivity index (χ2v) is 4.35. The van der Waals surface area contributed by atoms with E-state index >= 15 is 0 Å². The van der Waals surface area contributed by atoms with Crippen LogP contribution in [-0.2, 0) is 11.2 Å². The van der Waals surface area contributed by atoms with Gasteiger partial charge in [-0.1, -0.05) is 12.1 Å². The Balaban J connectivity index is 2.01. The van der Waals surface area contributed by atoms with E-state index < -0.39 is 12.0 Å². The average Bonchev–Trinajstić information content (AvgIpc) is 2.43. The molecule has 5 heteroatoms. The van der Waals surface area contributed by atoms with E-state index in [9.17, 15) is 9.18 Å². The predicted molar refractivity (Wildman–Crippen MR) is 72.2 cm³/mol. The van der Waals surface area contributed by atoms with Crippen molar-refractivity contribution in [1.29, 1.82) is 0 Å². The molecule has 0 aliphatic rings. The highest BCUT2D eigenvalue weighted by atomic mass is 19.1. The van der Waals surface area contributed by atoms with Crippen molar-refractivity contribution in [3.05, 3.63) is 59.9 Å². The molecule has 0 aliphatic heterocycles. The van der Waals surface area contributed by atoms with Gasteiger partial charge in [-0.25, -0.2) is 4.39 Å². The maximum absolute atomic E-state index is 12.7. The molecule has 0 unspecified atom stereocenters. The molecule has 2 rings (SSSR count). The van der Waals surface area contributed by atoms with Gasteiger partial charge in [-0.2, -0.15) is 0 Å². The molecule has 2 aromatic rings. The first-order valence-corrected chi connectivity index (χ1v) is 6.05. The van der Waals surface area contributed by atoms with Crippen molar-refractivity contribution < 1.29 is 19.0 Å². The summed E-state index contributed by atoms with van der Waals surface area (Å²) in [5.41, 5.74) is 6.27. The van der Waals surface area contributed by atoms with Crippen molar-refractivity contribution in [2.45, 2.75) is 12.5 Å². The molecule has 0 bridgehead atoms. The van der Waals surface area contributed by atoms with Crippen LogP contribution in [0.3, 0.4) is 0 Å². The molecule has 1 atom stereocenters. The highest BCUT2D eigenvalue weighted by Gasteiger charge is 2.11. The first-order chi connectivity index (χ1) is 9.54. The Morgan fingerprint density at radius 1 is 1.10 bits per heavy atom. The Morgan fingerprint density at radius 3 is 2.10 bits per heavy atom. The molecule has 3 N–H and O–H groups in total. The lowest BCUT2D eigenvalue weighted by molar-refractivity contribution is -0.138. The molecule has 2 aromatic carbocycles. The van der Waals surface area contributed by atoms with Crippen LogP contribution < -0.4 is 10.5 Å². The number of benzene rings is 2. The maximum atomic E-state index is 12.7. The summed E-state index contributed by atoms with van der Waals surface area (Å²) in [6.07, 6.45) is 0.256. The molecule has 4 nitrogen and oxygen atoms in total. The summed E-state index contributed by atoms with van der Waals surface area (Å²) in [5.74, 6) is -0.238. The zero-order valence-electron chi connectivity index (χ0n) is 10.6. The molecule has 0 fully saturated rings. The number of hydrogen-bond donors (Lipinski definition) is 2. The Hall–Kier alpha value is -2.40. The van der Waals surface area contributed by atoms with Gasteiger partial charge in [0.2, 0.25) is 0 Å². The van der Waals surface area contributed by atoms with Crippen LogP contribution >= 0.6 is 0 Å². The van der Waals surface area contributed by atoms with E-state index in [4.69, 9.17) is 15.6 Å². The van der Waals surface area contributed by atoms with Crippen LogP contribution in [0.15, 0.2) is 48.5 Å². The van der Waals surface area contributed by atoms with Gasteiger partial charge in [-0.3, -0.25) is 4.79 Å². The lowest BCUT2D eigenvalue weighted by Crippen LogP contribution is -2.32. The predicted octanol–water partition coefficient (Wildman–Crippen LogP) is 2.57. The number of carboxylic acid groups (broad SMARTS) is 1. The molecule has 0 radical (unpaired) electrons. The number of hydrogen-bond acceptors (Lipinski definition) is 3. The summed E-state index contributed by atoms with van der Waals surface area (Å²) < 4.78 is 18.3. The fourth-order valence-corrected chi connectivity index (χ4v) is 1.67. The smallest absolute Gasteiger partial charge is 0.320 e. The number of ether oxygens (including phenoxy) is 1. The number of rotatable bonds is 5. The number of carbonyl (C=O) groups is 1. The highest BCUT2D eigenvalue weighted by molar-refractivity contribution is 5.73. The second kappa shape index (κ2) is 6.16. The minimum atomic E-state index is -1.03. The minimum Gasteiger partial charge on any atom is -0.480 e. The maximum Gasteiger partial charge on any atom is 0.320 e. The standard InChI is InChI=1S/C15H14FNO3/c16-11-3-7-13(8-4-11)20-12-5-1-10(2-6-12)9-14(17)15(18)19/h1-8,14H,9,17H2,(H,18,19)/t14-/m0/s1. The Kier molecular flexibility index (Phi) is 4.32. The molecule has 20 heavy (non-hydrogen) atoms. The number of aliphatic carboxylic acids is 1. The van der Waals surface area contributed by atoms with Gasteiger partial charge in [0, 0.05) is 0 Å². The van der Waals surface area contributed by atoms with Crippen LogP contribution in [0.2, 0.25) is 0 Å². The Bertz CT molecular complexity index is 581. The molecular formula is C15H14FNO3. The first kappa shape index (κ1) is 14.0. The van der Waals surface area contributed by atoms with E-state index in [0.717, 1.165) is 5.56 Å². The number of carboxylic acids is 1. The Labute approximate surface area is 115 Å². The van der Waals surface area contributed by atoms with Crippen LogP contribution in [0, 0.1) is 5.82 Å². The number of nitrogens with two attached hydrogens (primary N) is 1. The molecule has 0 saturated heterocycles. The SMILES string of the molecule is N[C@@H](Cc1ccc(Oc2ccc(F)cc2)cc1)C(=O)O. The van der Waals surface area contributed by atoms with Crippen LogP contribution in [0.4, 0.5) is 4.39 Å². The van der Waals surface area contributed by atoms with Gasteiger partial charge in [-0.15, -0.1) is 0 Å². The van der Waals surface area contributed by atoms with Gasteiger partial charge >= 0.3 is 5.97 Å². The fourth-order valence-electron chi connectivity index (χ4n) is 1.67. The van der Waals surface area contributed by atoms with Crippen LogP contribution in [0.1, 0.15) is 5.56 Å². The largest absolute Gasteiger partial charge is 0.480 e. The summed E-state index contributed by atoms with van der Waals surface area (Å²) >= 11 is 0. The summed E-state index contributed by atoms with van der Waals surface area (Å²) in [6.45, 7) is 0. The van der Waals surface area contributed by atoms with Gasteiger partial charge in [0.05, 0.1) is 0 Å². The molecule has 0 saturated carbocycles. The van der Waals surface area contributed by atoms with E-state index in [2.05, 4.69) is 0 Å². The molecule has 0 aromatic heterocycles. The third-order valence-electron chi connectivity index (χ3n) is 2.75. The molecule has 0 amide bonds. The first-order valence-electron chi connectivity index (χ1n) is 6.05. The van der Waals surface area contributed by atoms with Crippen molar-refractivity contribution in [3.8, 4) is 11.5 Å². The topological polar surface area (TPSA) is 72.5 Å². The van der Waals surface area contributed by atoms with Crippen LogP contribution in [-0.4, -0.2) is 17.1 Å². The Morgan fingerprint density at radius 2 is 1.60 bits per heavy atom. The van der Waals surface area contributed by atoms with E-state index in [1.165, 1.54) is 24.3 Å². The summed E-state index contributed by atoms with van der Waals surface area (Å²) in [6, 6.07) is 11.7. The molecule has 0 heterocycles. The van der Waals surface area contributed by atoms with Crippen molar-refractivity contribution >= 4 is 5.97 Å². The molecule has 104 valence electrons. The summed E-state index contributed by atoms with van der Waals surface area (Å²) in [4.78, 5) is 10.7. The fraction of sp³-hybridized carbons (Fsp3) is 0.133. The van der Waals surface area contributed by atoms with Crippen LogP contribution in [0.25, 0.3) is 0 Å². The minimum absolute atomic E-state index is 0.256. The molecule has 0 spiro atoms. The monoisotopic (exact) mass is 275 g/mol. The van der Waals surface area contributed by atoms with E-state index in [-0.39, 0.29) is 12.2 Å². The quantitative estimate of drug-likeness (QED) is 0.879. The van der Waals surface area contributed by atoms with E-state index in [1.54, 1.807) is 24.3 Å². The number of halogens is 1. The zero-order valence-corrected chi connectivity index (χ0v) is 10.6. The van der Waals surface area contributed by atoms with Crippen molar-refractivity contribution in [3.63, 3.8) is 0 Å². The van der Waals surface area contributed by atoms with Crippen molar-refractivity contribution in [1.82, 2.24) is 0 Å². The van der Waals surface area contributed by atoms with Gasteiger partial charge < -0.3 is 15.6 Å². The van der Waals surface area contributed by atoms with Crippen molar-refractivity contribution in [2.24, 2.45) is 5.73 Å². The van der Waals surface area contributed by atoms with Crippen molar-refractivity contribution in [2.75, 3.05) is 0 Å². The lowest BCUT2D eigenvalue weighted by atomic mass is 10.1. The highest BCUT2D eigenvalue weighted by Crippen LogP contribution is 2.22. The molecular weight excluding hydrogens is 261 g/mol. The normalized spacial score (nSPS) is 11.9. The van der Waals surface area contributed by atoms with E-state index in [1.807, 2.05) is 0 Å². The van der Waals surface area contributed by atoms with Crippen LogP contribution in [0.5, 0.6) is 11.5 Å². The second-order valence-electron chi connectivity index (χ2n) is 4.35. The van der Waals surface area contributed by atoms with Gasteiger partial charge in [0.15, 0.2) is 0 Å². The van der Waals surface area contributed by atoms with Gasteiger partial charge in [0.25, 0.3) is 0 Å². The molecule has 0 aliphatic carbocycles. The third-order valence-corrected chi connectivity index (χ3v) is 2.75. The zero-order chi connectivity index (χ0) is 14.5.